The zero-order chi connectivity index (χ0) is 28.4. The zero-order valence-corrected chi connectivity index (χ0v) is 21.5. The summed E-state index contributed by atoms with van der Waals surface area (Å²) in [5.41, 5.74) is -5.02. The molecule has 0 saturated heterocycles. The number of hydrogen-bond donors (Lipinski definition) is 1. The van der Waals surface area contributed by atoms with Crippen molar-refractivity contribution in [2.75, 3.05) is 19.1 Å². The molecule has 1 fully saturated rings. The number of aliphatic hydroxyl groups excluding tert-OH is 1. The van der Waals surface area contributed by atoms with Crippen molar-refractivity contribution in [3.8, 4) is 5.75 Å². The second-order valence-corrected chi connectivity index (χ2v) is 9.87. The summed E-state index contributed by atoms with van der Waals surface area (Å²) in [7, 11) is 2.49. The van der Waals surface area contributed by atoms with Crippen LogP contribution in [0, 0.1) is 5.41 Å². The Morgan fingerprint density at radius 1 is 0.850 bits per heavy atom. The van der Waals surface area contributed by atoms with Crippen molar-refractivity contribution >= 4 is 34.9 Å². The molecule has 3 aromatic carbocycles. The maximum atomic E-state index is 14.7. The minimum Gasteiger partial charge on any atom is -0.503 e. The first-order valence-electron chi connectivity index (χ1n) is 12.5. The summed E-state index contributed by atoms with van der Waals surface area (Å²) in [6, 6.07) is 20.5. The number of aliphatic hydroxyl groups is 1. The fourth-order valence-corrected chi connectivity index (χ4v) is 6.70. The van der Waals surface area contributed by atoms with Gasteiger partial charge in [0.25, 0.3) is 5.91 Å². The molecule has 1 spiro atoms. The maximum Gasteiger partial charge on any atom is 0.338 e. The van der Waals surface area contributed by atoms with Gasteiger partial charge in [-0.25, -0.2) is 4.79 Å². The number of carbonyl (C=O) groups excluding carboxylic acids is 5. The van der Waals surface area contributed by atoms with Crippen LogP contribution >= 0.6 is 0 Å². The van der Waals surface area contributed by atoms with Gasteiger partial charge in [0.1, 0.15) is 11.2 Å². The highest BCUT2D eigenvalue weighted by molar-refractivity contribution is 6.38. The summed E-state index contributed by atoms with van der Waals surface area (Å²) in [6.45, 7) is 0. The lowest BCUT2D eigenvalue weighted by Gasteiger charge is -2.53. The molecule has 0 aromatic heterocycles. The molecule has 2 aliphatic carbocycles. The Hall–Kier alpha value is -5.05. The number of carbonyl (C=O) groups is 5. The van der Waals surface area contributed by atoms with Crippen LogP contribution in [0.1, 0.15) is 38.6 Å². The average molecular weight is 538 g/mol. The topological polar surface area (TPSA) is 127 Å². The fraction of sp³-hybridized carbons (Fsp3) is 0.194. The van der Waals surface area contributed by atoms with Crippen molar-refractivity contribution < 1.29 is 38.6 Å². The van der Waals surface area contributed by atoms with Crippen LogP contribution in [-0.4, -0.2) is 54.1 Å². The second kappa shape index (κ2) is 8.74. The Labute approximate surface area is 228 Å². The predicted molar refractivity (Wildman–Crippen MR) is 141 cm³/mol. The number of Topliss-reactive ketones (excluding diaryl/α,β-unsaturated/α-hetero) is 3. The number of anilines is 1. The van der Waals surface area contributed by atoms with Crippen LogP contribution in [0.3, 0.4) is 0 Å². The Balaban J connectivity index is 1.78. The highest BCUT2D eigenvalue weighted by Gasteiger charge is 2.82. The number of benzene rings is 3. The van der Waals surface area contributed by atoms with Crippen LogP contribution in [-0.2, 0) is 19.1 Å². The van der Waals surface area contributed by atoms with E-state index in [1.807, 2.05) is 0 Å². The number of hydrogen-bond acceptors (Lipinski definition) is 8. The third kappa shape index (κ3) is 2.83. The summed E-state index contributed by atoms with van der Waals surface area (Å²) < 4.78 is 10.5. The third-order valence-corrected chi connectivity index (χ3v) is 8.25. The van der Waals surface area contributed by atoms with Gasteiger partial charge in [0.15, 0.2) is 28.6 Å². The molecule has 0 bridgehead atoms. The van der Waals surface area contributed by atoms with Crippen molar-refractivity contribution in [2.24, 2.45) is 5.41 Å². The molecule has 0 unspecified atom stereocenters. The number of amides is 1. The molecular formula is C31H23NO8. The van der Waals surface area contributed by atoms with Crippen molar-refractivity contribution in [3.05, 3.63) is 107 Å². The molecule has 3 aliphatic rings. The van der Waals surface area contributed by atoms with E-state index in [1.165, 1.54) is 43.5 Å². The summed E-state index contributed by atoms with van der Waals surface area (Å²) in [4.78, 5) is 72.4. The molecule has 9 nitrogen and oxygen atoms in total. The van der Waals surface area contributed by atoms with E-state index in [2.05, 4.69) is 0 Å². The van der Waals surface area contributed by atoms with Crippen LogP contribution in [0.5, 0.6) is 5.75 Å². The number of ketones is 3. The minimum atomic E-state index is -2.64. The van der Waals surface area contributed by atoms with Gasteiger partial charge in [-0.2, -0.15) is 0 Å². The first kappa shape index (κ1) is 25.2. The van der Waals surface area contributed by atoms with E-state index in [0.717, 1.165) is 12.0 Å². The van der Waals surface area contributed by atoms with Gasteiger partial charge in [-0.1, -0.05) is 54.6 Å². The van der Waals surface area contributed by atoms with Gasteiger partial charge in [-0.15, -0.1) is 0 Å². The maximum absolute atomic E-state index is 14.7. The number of ether oxygens (including phenoxy) is 2. The Bertz CT molecular complexity index is 1620. The first-order valence-corrected chi connectivity index (χ1v) is 12.5. The molecule has 1 saturated carbocycles. The summed E-state index contributed by atoms with van der Waals surface area (Å²) in [5.74, 6) is -6.27. The van der Waals surface area contributed by atoms with Gasteiger partial charge in [-0.05, 0) is 29.8 Å². The largest absolute Gasteiger partial charge is 0.503 e. The molecule has 1 aliphatic heterocycles. The van der Waals surface area contributed by atoms with E-state index >= 15 is 0 Å². The lowest BCUT2D eigenvalue weighted by Crippen LogP contribution is -2.73. The Morgan fingerprint density at radius 2 is 1.43 bits per heavy atom. The quantitative estimate of drug-likeness (QED) is 0.395. The first-order chi connectivity index (χ1) is 19.3. The highest BCUT2D eigenvalue weighted by Crippen LogP contribution is 2.65. The molecule has 0 radical (unpaired) electrons. The van der Waals surface area contributed by atoms with Crippen molar-refractivity contribution in [3.63, 3.8) is 0 Å². The second-order valence-electron chi connectivity index (χ2n) is 9.87. The van der Waals surface area contributed by atoms with Gasteiger partial charge >= 0.3 is 5.97 Å². The predicted octanol–water partition coefficient (Wildman–Crippen LogP) is 3.59. The summed E-state index contributed by atoms with van der Waals surface area (Å²) >= 11 is 0. The van der Waals surface area contributed by atoms with Crippen molar-refractivity contribution in [1.29, 1.82) is 0 Å². The molecular weight excluding hydrogens is 514 g/mol. The van der Waals surface area contributed by atoms with Crippen LogP contribution in [0.4, 0.5) is 5.69 Å². The van der Waals surface area contributed by atoms with E-state index in [0.29, 0.717) is 11.3 Å². The Kier molecular flexibility index (Phi) is 5.51. The number of methoxy groups -OCH3 is 2. The summed E-state index contributed by atoms with van der Waals surface area (Å²) in [6.07, 6.45) is -0.405. The van der Waals surface area contributed by atoms with Crippen LogP contribution in [0.15, 0.2) is 90.2 Å². The summed E-state index contributed by atoms with van der Waals surface area (Å²) in [5, 5.41) is 11.2. The smallest absolute Gasteiger partial charge is 0.338 e. The number of rotatable bonds is 4. The third-order valence-electron chi connectivity index (χ3n) is 8.25. The van der Waals surface area contributed by atoms with Gasteiger partial charge in [0.05, 0.1) is 19.8 Å². The molecule has 200 valence electrons. The van der Waals surface area contributed by atoms with Gasteiger partial charge in [-0.3, -0.25) is 24.1 Å². The SMILES string of the molecule is COC(=O)[C@]12C(=C(O)C(=O)N1c1ccc(OC)cc1)C(=O)C[C@H](c1ccccc1)C21C(=O)c2ccccc2C1=O. The standard InChI is InChI=1S/C31H23NO8/c1-39-19-14-12-18(13-15-19)32-28(37)25(34)24-23(33)16-22(17-8-4-3-5-9-17)30(31(24,32)29(38)40-2)26(35)20-10-6-7-11-21(20)27(30)36/h3-15,22,34H,16H2,1-2H3/t22-,31+/m1/s1. The molecule has 1 heterocycles. The molecule has 6 rings (SSSR count). The normalized spacial score (nSPS) is 22.9. The van der Waals surface area contributed by atoms with E-state index in [9.17, 15) is 29.1 Å². The van der Waals surface area contributed by atoms with Crippen molar-refractivity contribution in [1.82, 2.24) is 0 Å². The fourth-order valence-electron chi connectivity index (χ4n) is 6.70. The highest BCUT2D eigenvalue weighted by atomic mass is 16.5. The van der Waals surface area contributed by atoms with E-state index < -0.39 is 63.9 Å². The average Bonchev–Trinajstić information content (AvgIpc) is 3.37. The zero-order valence-electron chi connectivity index (χ0n) is 21.5. The van der Waals surface area contributed by atoms with E-state index in [4.69, 9.17) is 9.47 Å². The molecule has 9 heteroatoms. The number of esters is 1. The molecule has 3 aromatic rings. The van der Waals surface area contributed by atoms with Crippen LogP contribution in [0.2, 0.25) is 0 Å². The number of fused-ring (bicyclic) bond motifs is 3. The van der Waals surface area contributed by atoms with Crippen LogP contribution < -0.4 is 9.64 Å². The monoisotopic (exact) mass is 537 g/mol. The molecule has 2 atom stereocenters. The van der Waals surface area contributed by atoms with E-state index in [-0.39, 0.29) is 16.8 Å². The van der Waals surface area contributed by atoms with Crippen LogP contribution in [0.25, 0.3) is 0 Å². The van der Waals surface area contributed by atoms with Gasteiger partial charge < -0.3 is 14.6 Å². The molecule has 1 amide bonds. The van der Waals surface area contributed by atoms with Gasteiger partial charge in [0, 0.05) is 29.2 Å². The minimum absolute atomic E-state index is 0.0511. The molecule has 1 N–H and O–H groups in total. The lowest BCUT2D eigenvalue weighted by atomic mass is 9.49. The number of nitrogens with zero attached hydrogens (tertiary/aromatic N) is 1. The lowest BCUT2D eigenvalue weighted by molar-refractivity contribution is -0.152. The van der Waals surface area contributed by atoms with Crippen molar-refractivity contribution in [2.45, 2.75) is 17.9 Å². The molecule has 40 heavy (non-hydrogen) atoms. The van der Waals surface area contributed by atoms with E-state index in [1.54, 1.807) is 42.5 Å². The van der Waals surface area contributed by atoms with Gasteiger partial charge in [0.2, 0.25) is 0 Å². The Morgan fingerprint density at radius 3 is 1.98 bits per heavy atom.